The van der Waals surface area contributed by atoms with Gasteiger partial charge in [-0.05, 0) is 30.7 Å². The van der Waals surface area contributed by atoms with Crippen molar-refractivity contribution in [1.29, 1.82) is 5.26 Å². The van der Waals surface area contributed by atoms with Crippen LogP contribution in [-0.4, -0.2) is 4.98 Å². The highest BCUT2D eigenvalue weighted by Crippen LogP contribution is 2.29. The lowest BCUT2D eigenvalue weighted by molar-refractivity contribution is -0.137. The van der Waals surface area contributed by atoms with Crippen LogP contribution >= 0.6 is 0 Å². The second kappa shape index (κ2) is 5.83. The second-order valence-electron chi connectivity index (χ2n) is 4.35. The van der Waals surface area contributed by atoms with Gasteiger partial charge in [-0.2, -0.15) is 18.4 Å². The number of aryl methyl sites for hydroxylation is 1. The molecular formula is C15H11F3N2O. The molecule has 0 atom stereocenters. The van der Waals surface area contributed by atoms with Crippen LogP contribution in [0.5, 0.6) is 0 Å². The average Bonchev–Trinajstić information content (AvgIpc) is 2.77. The van der Waals surface area contributed by atoms with Gasteiger partial charge in [-0.3, -0.25) is 0 Å². The summed E-state index contributed by atoms with van der Waals surface area (Å²) in [6, 6.07) is 6.91. The first kappa shape index (κ1) is 14.9. The molecule has 0 aliphatic carbocycles. The zero-order chi connectivity index (χ0) is 15.5. The zero-order valence-corrected chi connectivity index (χ0v) is 11.1. The number of alkyl halides is 3. The molecule has 1 heterocycles. The molecule has 0 N–H and O–H groups in total. The van der Waals surface area contributed by atoms with Crippen molar-refractivity contribution in [2.45, 2.75) is 19.5 Å². The summed E-state index contributed by atoms with van der Waals surface area (Å²) in [5.41, 5.74) is 0.210. The van der Waals surface area contributed by atoms with Gasteiger partial charge in [0.15, 0.2) is 0 Å². The molecule has 0 aliphatic rings. The number of nitrogens with zero attached hydrogens (tertiary/aromatic N) is 2. The monoisotopic (exact) mass is 292 g/mol. The van der Waals surface area contributed by atoms with Crippen LogP contribution < -0.4 is 0 Å². The molecule has 108 valence electrons. The van der Waals surface area contributed by atoms with E-state index in [1.54, 1.807) is 13.0 Å². The van der Waals surface area contributed by atoms with Crippen molar-refractivity contribution in [1.82, 2.24) is 4.98 Å². The molecule has 0 aliphatic heterocycles. The van der Waals surface area contributed by atoms with Crippen molar-refractivity contribution in [2.24, 2.45) is 0 Å². The lowest BCUT2D eigenvalue weighted by Crippen LogP contribution is -2.04. The highest BCUT2D eigenvalue weighted by atomic mass is 19.4. The third-order valence-corrected chi connectivity index (χ3v) is 2.79. The van der Waals surface area contributed by atoms with E-state index in [9.17, 15) is 13.2 Å². The van der Waals surface area contributed by atoms with E-state index >= 15 is 0 Å². The number of benzene rings is 1. The molecule has 1 aromatic carbocycles. The van der Waals surface area contributed by atoms with Gasteiger partial charge in [0, 0.05) is 6.08 Å². The summed E-state index contributed by atoms with van der Waals surface area (Å²) in [4.78, 5) is 4.09. The van der Waals surface area contributed by atoms with Gasteiger partial charge in [-0.25, -0.2) is 4.98 Å². The fourth-order valence-electron chi connectivity index (χ4n) is 1.75. The minimum atomic E-state index is -4.37. The van der Waals surface area contributed by atoms with Crippen molar-refractivity contribution in [2.75, 3.05) is 0 Å². The Labute approximate surface area is 119 Å². The fourth-order valence-corrected chi connectivity index (χ4v) is 1.75. The molecule has 0 amide bonds. The molecule has 0 unspecified atom stereocenters. The minimum absolute atomic E-state index is 0.132. The average molecular weight is 292 g/mol. The van der Waals surface area contributed by atoms with Crippen LogP contribution in [0.4, 0.5) is 13.2 Å². The topological polar surface area (TPSA) is 49.8 Å². The van der Waals surface area contributed by atoms with E-state index in [1.165, 1.54) is 18.2 Å². The number of halogens is 3. The van der Waals surface area contributed by atoms with Crippen molar-refractivity contribution in [3.8, 4) is 6.07 Å². The van der Waals surface area contributed by atoms with Gasteiger partial charge < -0.3 is 4.42 Å². The van der Waals surface area contributed by atoms with Crippen LogP contribution in [0, 0.1) is 18.3 Å². The van der Waals surface area contributed by atoms with Crippen molar-refractivity contribution in [3.05, 3.63) is 52.7 Å². The number of aromatic nitrogens is 1. The summed E-state index contributed by atoms with van der Waals surface area (Å²) in [7, 11) is 0. The highest BCUT2D eigenvalue weighted by Gasteiger charge is 2.30. The molecule has 2 aromatic rings. The largest absolute Gasteiger partial charge is 0.442 e. The van der Waals surface area contributed by atoms with Gasteiger partial charge in [0.25, 0.3) is 0 Å². The second-order valence-corrected chi connectivity index (χ2v) is 4.35. The van der Waals surface area contributed by atoms with Gasteiger partial charge in [0.05, 0.1) is 23.7 Å². The normalized spacial score (nSPS) is 11.8. The summed E-state index contributed by atoms with van der Waals surface area (Å²) >= 11 is 0. The Morgan fingerprint density at radius 1 is 1.33 bits per heavy atom. The predicted octanol–water partition coefficient (Wildman–Crippen LogP) is 4.24. The summed E-state index contributed by atoms with van der Waals surface area (Å²) in [5.74, 6) is 0.787. The lowest BCUT2D eigenvalue weighted by Gasteiger charge is -2.06. The number of rotatable bonds is 3. The van der Waals surface area contributed by atoms with E-state index in [1.807, 2.05) is 6.07 Å². The van der Waals surface area contributed by atoms with Gasteiger partial charge in [-0.15, -0.1) is 0 Å². The maximum absolute atomic E-state index is 12.6. The van der Waals surface area contributed by atoms with Gasteiger partial charge in [0.2, 0.25) is 5.89 Å². The number of nitriles is 1. The Morgan fingerprint density at radius 2 is 2.10 bits per heavy atom. The lowest BCUT2D eigenvalue weighted by atomic mass is 10.1. The molecule has 6 heteroatoms. The Morgan fingerprint density at radius 3 is 2.76 bits per heavy atom. The maximum atomic E-state index is 12.6. The number of hydrogen-bond donors (Lipinski definition) is 0. The Kier molecular flexibility index (Phi) is 4.13. The zero-order valence-electron chi connectivity index (χ0n) is 11.1. The quantitative estimate of drug-likeness (QED) is 0.850. The number of hydrogen-bond acceptors (Lipinski definition) is 3. The fraction of sp³-hybridized carbons (Fsp3) is 0.200. The molecule has 3 nitrogen and oxygen atoms in total. The summed E-state index contributed by atoms with van der Waals surface area (Å²) < 4.78 is 43.1. The first-order chi connectivity index (χ1) is 9.90. The first-order valence-corrected chi connectivity index (χ1v) is 6.09. The summed E-state index contributed by atoms with van der Waals surface area (Å²) in [5, 5.41) is 8.61. The van der Waals surface area contributed by atoms with Gasteiger partial charge >= 0.3 is 6.18 Å². The molecule has 21 heavy (non-hydrogen) atoms. The van der Waals surface area contributed by atoms with E-state index in [4.69, 9.17) is 9.68 Å². The van der Waals surface area contributed by atoms with Gasteiger partial charge in [-0.1, -0.05) is 12.1 Å². The number of oxazole rings is 1. The van der Waals surface area contributed by atoms with Crippen molar-refractivity contribution < 1.29 is 17.6 Å². The standard InChI is InChI=1S/C15H11F3N2O/c1-10-13(7-8-19)20-14(21-10)6-5-11-3-2-4-12(9-11)15(16,17)18/h2-6,9H,7H2,1H3/b6-5+. The Balaban J connectivity index is 2.22. The van der Waals surface area contributed by atoms with Crippen molar-refractivity contribution >= 4 is 12.2 Å². The Bertz CT molecular complexity index is 708. The van der Waals surface area contributed by atoms with Crippen LogP contribution in [0.3, 0.4) is 0 Å². The third kappa shape index (κ3) is 3.72. The predicted molar refractivity (Wildman–Crippen MR) is 70.9 cm³/mol. The third-order valence-electron chi connectivity index (χ3n) is 2.79. The molecule has 2 rings (SSSR count). The minimum Gasteiger partial charge on any atom is -0.442 e. The first-order valence-electron chi connectivity index (χ1n) is 6.09. The van der Waals surface area contributed by atoms with Crippen molar-refractivity contribution in [3.63, 3.8) is 0 Å². The molecule has 0 saturated heterocycles. The summed E-state index contributed by atoms with van der Waals surface area (Å²) in [6.45, 7) is 1.68. The molecule has 0 radical (unpaired) electrons. The highest BCUT2D eigenvalue weighted by molar-refractivity contribution is 5.66. The molecule has 0 fully saturated rings. The van der Waals surface area contributed by atoms with E-state index in [2.05, 4.69) is 4.98 Å². The molecular weight excluding hydrogens is 281 g/mol. The van der Waals surface area contributed by atoms with Crippen LogP contribution in [0.15, 0.2) is 28.7 Å². The SMILES string of the molecule is Cc1oc(/C=C/c2cccc(C(F)(F)F)c2)nc1CC#N. The smallest absolute Gasteiger partial charge is 0.416 e. The molecule has 0 saturated carbocycles. The Hall–Kier alpha value is -2.55. The van der Waals surface area contributed by atoms with E-state index in [0.717, 1.165) is 12.1 Å². The van der Waals surface area contributed by atoms with Crippen LogP contribution in [-0.2, 0) is 12.6 Å². The van der Waals surface area contributed by atoms with Gasteiger partial charge in [0.1, 0.15) is 5.76 Å². The van der Waals surface area contributed by atoms with Crippen LogP contribution in [0.2, 0.25) is 0 Å². The van der Waals surface area contributed by atoms with Crippen LogP contribution in [0.25, 0.3) is 12.2 Å². The molecule has 1 aromatic heterocycles. The van der Waals surface area contributed by atoms with E-state index in [-0.39, 0.29) is 12.3 Å². The van der Waals surface area contributed by atoms with Crippen LogP contribution in [0.1, 0.15) is 28.5 Å². The molecule has 0 bridgehead atoms. The van der Waals surface area contributed by atoms with E-state index in [0.29, 0.717) is 17.0 Å². The van der Waals surface area contributed by atoms with E-state index < -0.39 is 11.7 Å². The summed E-state index contributed by atoms with van der Waals surface area (Å²) in [6.07, 6.45) is -1.28. The molecule has 0 spiro atoms. The maximum Gasteiger partial charge on any atom is 0.416 e.